The molecule has 0 radical (unpaired) electrons. The van der Waals surface area contributed by atoms with Crippen LogP contribution >= 0.6 is 0 Å². The van der Waals surface area contributed by atoms with Gasteiger partial charge >= 0.3 is 0 Å². The molecule has 1 heterocycles. The highest BCUT2D eigenvalue weighted by molar-refractivity contribution is 5.54. The van der Waals surface area contributed by atoms with E-state index in [-0.39, 0.29) is 12.6 Å². The number of hydrogen-bond acceptors (Lipinski definition) is 6. The van der Waals surface area contributed by atoms with Crippen LogP contribution in [0.25, 0.3) is 0 Å². The van der Waals surface area contributed by atoms with E-state index in [9.17, 15) is 5.11 Å². The highest BCUT2D eigenvalue weighted by Gasteiger charge is 2.39. The lowest BCUT2D eigenvalue weighted by Gasteiger charge is -2.46. The molecule has 2 atom stereocenters. The van der Waals surface area contributed by atoms with Crippen LogP contribution in [-0.4, -0.2) is 71.9 Å². The number of hydrogen-bond donors (Lipinski definition) is 1. The van der Waals surface area contributed by atoms with Gasteiger partial charge in [0.25, 0.3) is 0 Å². The Balaban J connectivity index is 2.10. The van der Waals surface area contributed by atoms with Crippen LogP contribution in [0.2, 0.25) is 0 Å². The Kier molecular flexibility index (Phi) is 7.74. The molecule has 0 amide bonds. The number of ether oxygens (including phenoxy) is 5. The molecule has 1 aliphatic heterocycles. The van der Waals surface area contributed by atoms with Gasteiger partial charge in [-0.2, -0.15) is 0 Å². The Bertz CT molecular complexity index is 906. The fraction of sp³-hybridized carbons (Fsp3) is 0.520. The molecule has 0 saturated carbocycles. The first-order valence-electron chi connectivity index (χ1n) is 10.9. The maximum atomic E-state index is 9.53. The summed E-state index contributed by atoms with van der Waals surface area (Å²) < 4.78 is 28.7. The van der Waals surface area contributed by atoms with Crippen LogP contribution in [0.5, 0.6) is 28.7 Å². The van der Waals surface area contributed by atoms with E-state index in [4.69, 9.17) is 23.7 Å². The quantitative estimate of drug-likeness (QED) is 0.565. The summed E-state index contributed by atoms with van der Waals surface area (Å²) in [7, 11) is 10.5. The minimum absolute atomic E-state index is 0.174. The fourth-order valence-corrected chi connectivity index (χ4v) is 4.84. The van der Waals surface area contributed by atoms with Gasteiger partial charge in [-0.3, -0.25) is 0 Å². The number of quaternary nitrogens is 1. The van der Waals surface area contributed by atoms with E-state index >= 15 is 0 Å². The van der Waals surface area contributed by atoms with Crippen LogP contribution < -0.4 is 23.7 Å². The van der Waals surface area contributed by atoms with Gasteiger partial charge in [-0.15, -0.1) is 0 Å². The van der Waals surface area contributed by atoms with Crippen LogP contribution in [0.3, 0.4) is 0 Å². The summed E-state index contributed by atoms with van der Waals surface area (Å²) >= 11 is 0. The third-order valence-electron chi connectivity index (χ3n) is 6.63. The minimum Gasteiger partial charge on any atom is -0.493 e. The number of likely N-dealkylation sites (N-methyl/N-ethyl adjacent to an activating group) is 1. The average Bonchev–Trinajstić information content (AvgIpc) is 2.83. The van der Waals surface area contributed by atoms with Gasteiger partial charge in [-0.25, -0.2) is 0 Å². The van der Waals surface area contributed by atoms with Gasteiger partial charge in [0.05, 0.1) is 55.7 Å². The monoisotopic (exact) mass is 446 g/mol. The fourth-order valence-electron chi connectivity index (χ4n) is 4.84. The Labute approximate surface area is 191 Å². The van der Waals surface area contributed by atoms with Crippen molar-refractivity contribution in [1.29, 1.82) is 0 Å². The third kappa shape index (κ3) is 4.59. The second-order valence-electron chi connectivity index (χ2n) is 8.41. The van der Waals surface area contributed by atoms with E-state index in [2.05, 4.69) is 19.2 Å². The molecule has 1 N–H and O–H groups in total. The standard InChI is InChI=1S/C25H36NO6/c1-26(9-7-11-27)10-8-18-15-21(28-2)22(29-3)16-19(18)20(26)12-17-13-23(30-4)25(32-6)24(14-17)31-5/h13-16,20,27H,7-12H2,1-6H3/q+1/t20-,26-/m0/s1. The lowest BCUT2D eigenvalue weighted by molar-refractivity contribution is -0.941. The van der Waals surface area contributed by atoms with Crippen molar-refractivity contribution in [3.8, 4) is 28.7 Å². The maximum Gasteiger partial charge on any atom is 0.203 e. The van der Waals surface area contributed by atoms with E-state index in [1.807, 2.05) is 12.1 Å². The molecule has 0 fully saturated rings. The highest BCUT2D eigenvalue weighted by Crippen LogP contribution is 2.44. The smallest absolute Gasteiger partial charge is 0.203 e. The van der Waals surface area contributed by atoms with Crippen LogP contribution in [0.1, 0.15) is 29.2 Å². The molecule has 2 aromatic carbocycles. The van der Waals surface area contributed by atoms with Gasteiger partial charge in [-0.05, 0) is 35.4 Å². The van der Waals surface area contributed by atoms with Gasteiger partial charge < -0.3 is 33.3 Å². The molecule has 176 valence electrons. The summed E-state index contributed by atoms with van der Waals surface area (Å²) in [5.74, 6) is 3.37. The summed E-state index contributed by atoms with van der Waals surface area (Å²) in [4.78, 5) is 0. The maximum absolute atomic E-state index is 9.53. The van der Waals surface area contributed by atoms with Crippen molar-refractivity contribution in [2.24, 2.45) is 0 Å². The van der Waals surface area contributed by atoms with Gasteiger partial charge in [0.15, 0.2) is 23.0 Å². The molecule has 1 aliphatic rings. The normalized spacial score (nSPS) is 19.8. The van der Waals surface area contributed by atoms with Crippen LogP contribution in [0.15, 0.2) is 24.3 Å². The average molecular weight is 447 g/mol. The Hall–Kier alpha value is -2.64. The van der Waals surface area contributed by atoms with E-state index < -0.39 is 0 Å². The Morgan fingerprint density at radius 1 is 0.844 bits per heavy atom. The molecule has 0 spiro atoms. The number of methoxy groups -OCH3 is 5. The number of aliphatic hydroxyl groups excluding tert-OH is 1. The van der Waals surface area contributed by atoms with E-state index in [1.54, 1.807) is 35.5 Å². The summed E-state index contributed by atoms with van der Waals surface area (Å²) in [6, 6.07) is 8.43. The summed E-state index contributed by atoms with van der Waals surface area (Å²) in [6.45, 7) is 2.06. The Morgan fingerprint density at radius 2 is 1.44 bits per heavy atom. The van der Waals surface area contributed by atoms with Crippen molar-refractivity contribution in [1.82, 2.24) is 0 Å². The Morgan fingerprint density at radius 3 is 1.97 bits per heavy atom. The third-order valence-corrected chi connectivity index (χ3v) is 6.63. The molecular formula is C25H36NO6+. The van der Waals surface area contributed by atoms with Crippen molar-refractivity contribution in [2.75, 3.05) is 62.3 Å². The van der Waals surface area contributed by atoms with E-state index in [1.165, 1.54) is 11.1 Å². The molecule has 0 unspecified atom stereocenters. The van der Waals surface area contributed by atoms with Crippen LogP contribution in [-0.2, 0) is 12.8 Å². The molecule has 0 aliphatic carbocycles. The van der Waals surface area contributed by atoms with E-state index in [0.717, 1.165) is 53.9 Å². The molecule has 7 nitrogen and oxygen atoms in total. The zero-order chi connectivity index (χ0) is 23.3. The summed E-state index contributed by atoms with van der Waals surface area (Å²) in [6.07, 6.45) is 2.48. The van der Waals surface area contributed by atoms with Crippen LogP contribution in [0, 0.1) is 0 Å². The lowest BCUT2D eigenvalue weighted by atomic mass is 9.86. The number of fused-ring (bicyclic) bond motifs is 1. The summed E-state index contributed by atoms with van der Waals surface area (Å²) in [5, 5.41) is 9.53. The zero-order valence-electron chi connectivity index (χ0n) is 20.1. The predicted molar refractivity (Wildman–Crippen MR) is 123 cm³/mol. The molecule has 0 bridgehead atoms. The number of aliphatic hydroxyl groups is 1. The highest BCUT2D eigenvalue weighted by atomic mass is 16.5. The second-order valence-corrected chi connectivity index (χ2v) is 8.41. The number of rotatable bonds is 10. The van der Waals surface area contributed by atoms with Crippen LogP contribution in [0.4, 0.5) is 0 Å². The first kappa shape index (κ1) is 24.0. The molecular weight excluding hydrogens is 410 g/mol. The molecule has 0 aromatic heterocycles. The topological polar surface area (TPSA) is 66.4 Å². The van der Waals surface area contributed by atoms with E-state index in [0.29, 0.717) is 17.2 Å². The first-order valence-corrected chi connectivity index (χ1v) is 10.9. The SMILES string of the molecule is COc1cc2c(cc1OC)[C@H](Cc1cc(OC)c(OC)c(OC)c1)[N@@+](C)(CCCO)CC2. The van der Waals surface area contributed by atoms with Gasteiger partial charge in [0, 0.05) is 31.4 Å². The van der Waals surface area contributed by atoms with Crippen molar-refractivity contribution in [3.05, 3.63) is 41.0 Å². The zero-order valence-corrected chi connectivity index (χ0v) is 20.1. The predicted octanol–water partition coefficient (Wildman–Crippen LogP) is 3.40. The first-order chi connectivity index (χ1) is 15.4. The van der Waals surface area contributed by atoms with Gasteiger partial charge in [0.2, 0.25) is 5.75 Å². The molecule has 0 saturated heterocycles. The van der Waals surface area contributed by atoms with Crippen molar-refractivity contribution < 1.29 is 33.3 Å². The summed E-state index contributed by atoms with van der Waals surface area (Å²) in [5.41, 5.74) is 3.63. The minimum atomic E-state index is 0.174. The molecule has 32 heavy (non-hydrogen) atoms. The largest absolute Gasteiger partial charge is 0.493 e. The van der Waals surface area contributed by atoms with Crippen molar-refractivity contribution in [3.63, 3.8) is 0 Å². The number of nitrogens with zero attached hydrogens (tertiary/aromatic N) is 1. The van der Waals surface area contributed by atoms with Crippen molar-refractivity contribution >= 4 is 0 Å². The molecule has 7 heteroatoms. The van der Waals surface area contributed by atoms with Gasteiger partial charge in [0.1, 0.15) is 6.04 Å². The second kappa shape index (κ2) is 10.3. The van der Waals surface area contributed by atoms with Crippen molar-refractivity contribution in [2.45, 2.75) is 25.3 Å². The molecule has 3 rings (SSSR count). The molecule has 2 aromatic rings. The van der Waals surface area contributed by atoms with Gasteiger partial charge in [-0.1, -0.05) is 0 Å². The lowest BCUT2D eigenvalue weighted by Crippen LogP contribution is -2.52. The number of benzene rings is 2.